The van der Waals surface area contributed by atoms with E-state index in [-0.39, 0.29) is 56.9 Å². The molecule has 0 aliphatic rings. The lowest BCUT2D eigenvalue weighted by molar-refractivity contribution is -0.132. The van der Waals surface area contributed by atoms with Crippen molar-refractivity contribution in [2.45, 2.75) is 60.3 Å². The molecule has 8 heteroatoms. The Hall–Kier alpha value is -4.46. The van der Waals surface area contributed by atoms with Crippen molar-refractivity contribution < 1.29 is 39.9 Å². The monoisotopic (exact) mass is 532 g/mol. The van der Waals surface area contributed by atoms with Gasteiger partial charge in [-0.2, -0.15) is 0 Å². The van der Waals surface area contributed by atoms with E-state index in [0.717, 1.165) is 0 Å². The number of benzene rings is 4. The second kappa shape index (κ2) is 9.69. The van der Waals surface area contributed by atoms with E-state index in [2.05, 4.69) is 0 Å². The van der Waals surface area contributed by atoms with Gasteiger partial charge in [0.05, 0.1) is 5.56 Å². The smallest absolute Gasteiger partial charge is 0.308 e. The largest absolute Gasteiger partial charge is 0.507 e. The first-order valence-electron chi connectivity index (χ1n) is 12.6. The average Bonchev–Trinajstić information content (AvgIpc) is 2.82. The number of carbonyl (C=O) groups excluding carboxylic acids is 2. The molecule has 4 aromatic rings. The van der Waals surface area contributed by atoms with Gasteiger partial charge in [-0.05, 0) is 53.6 Å². The predicted octanol–water partition coefficient (Wildman–Crippen LogP) is 6.79. The van der Waals surface area contributed by atoms with E-state index in [1.54, 1.807) is 26.0 Å². The van der Waals surface area contributed by atoms with Crippen molar-refractivity contribution in [2.75, 3.05) is 0 Å². The predicted molar refractivity (Wildman–Crippen MR) is 150 cm³/mol. The summed E-state index contributed by atoms with van der Waals surface area (Å²) in [5, 5.41) is 56.7. The third-order valence-corrected chi connectivity index (χ3v) is 7.16. The summed E-state index contributed by atoms with van der Waals surface area (Å²) >= 11 is 0. The molecule has 0 saturated carbocycles. The summed E-state index contributed by atoms with van der Waals surface area (Å²) < 4.78 is 5.23. The Morgan fingerprint density at radius 1 is 0.718 bits per heavy atom. The number of carbonyl (C=O) groups is 2. The molecule has 8 nitrogen and oxygen atoms in total. The second-order valence-corrected chi connectivity index (χ2v) is 10.5. The number of aromatic hydroxyl groups is 5. The molecule has 0 aromatic heterocycles. The number of aryl methyl sites for hydroxylation is 2. The zero-order valence-electron chi connectivity index (χ0n) is 22.9. The van der Waals surface area contributed by atoms with Crippen LogP contribution in [0.3, 0.4) is 0 Å². The zero-order valence-corrected chi connectivity index (χ0v) is 22.9. The number of ether oxygens (including phenoxy) is 1. The summed E-state index contributed by atoms with van der Waals surface area (Å²) in [7, 11) is 0. The van der Waals surface area contributed by atoms with Gasteiger partial charge in [0.1, 0.15) is 11.5 Å². The third kappa shape index (κ3) is 4.16. The lowest BCUT2D eigenvalue weighted by Crippen LogP contribution is -2.04. The van der Waals surface area contributed by atoms with Gasteiger partial charge in [0.2, 0.25) is 0 Å². The fourth-order valence-corrected chi connectivity index (χ4v) is 5.58. The van der Waals surface area contributed by atoms with Crippen molar-refractivity contribution >= 4 is 33.8 Å². The summed E-state index contributed by atoms with van der Waals surface area (Å²) in [6, 6.07) is 4.85. The van der Waals surface area contributed by atoms with Crippen LogP contribution in [0.2, 0.25) is 0 Å². The van der Waals surface area contributed by atoms with Gasteiger partial charge in [0.25, 0.3) is 0 Å². The summed E-state index contributed by atoms with van der Waals surface area (Å²) in [6.07, 6.45) is 0.372. The molecule has 4 aromatic carbocycles. The Balaban J connectivity index is 2.20. The van der Waals surface area contributed by atoms with Crippen molar-refractivity contribution in [1.82, 2.24) is 0 Å². The molecular weight excluding hydrogens is 500 g/mol. The van der Waals surface area contributed by atoms with E-state index >= 15 is 0 Å². The van der Waals surface area contributed by atoms with E-state index in [0.29, 0.717) is 44.7 Å². The van der Waals surface area contributed by atoms with Gasteiger partial charge in [-0.1, -0.05) is 39.8 Å². The Labute approximate surface area is 225 Å². The minimum Gasteiger partial charge on any atom is -0.507 e. The highest BCUT2D eigenvalue weighted by molar-refractivity contribution is 6.12. The van der Waals surface area contributed by atoms with Gasteiger partial charge in [0, 0.05) is 39.9 Å². The van der Waals surface area contributed by atoms with Crippen LogP contribution >= 0.6 is 0 Å². The lowest BCUT2D eigenvalue weighted by Gasteiger charge is -2.22. The van der Waals surface area contributed by atoms with Crippen LogP contribution in [-0.4, -0.2) is 37.8 Å². The van der Waals surface area contributed by atoms with Crippen molar-refractivity contribution in [3.05, 3.63) is 46.0 Å². The number of hydrogen-bond donors (Lipinski definition) is 5. The number of fused-ring (bicyclic) bond motifs is 2. The van der Waals surface area contributed by atoms with E-state index in [1.807, 2.05) is 27.7 Å². The molecule has 204 valence electrons. The van der Waals surface area contributed by atoms with E-state index in [1.165, 1.54) is 13.0 Å². The van der Waals surface area contributed by atoms with Crippen LogP contribution in [0.15, 0.2) is 18.2 Å². The maximum atomic E-state index is 12.0. The molecule has 0 heterocycles. The fraction of sp³-hybridized carbons (Fsp3) is 0.290. The second-order valence-electron chi connectivity index (χ2n) is 10.5. The van der Waals surface area contributed by atoms with Crippen LogP contribution in [0, 0.1) is 13.8 Å². The summed E-state index contributed by atoms with van der Waals surface area (Å²) in [5.74, 6) is -3.00. The minimum atomic E-state index is -0.639. The highest BCUT2D eigenvalue weighted by Crippen LogP contribution is 2.53. The Kier molecular flexibility index (Phi) is 6.85. The lowest BCUT2D eigenvalue weighted by atomic mass is 9.84. The maximum Gasteiger partial charge on any atom is 0.308 e. The number of esters is 1. The van der Waals surface area contributed by atoms with E-state index in [9.17, 15) is 35.1 Å². The minimum absolute atomic E-state index is 0.0534. The number of aldehydes is 1. The van der Waals surface area contributed by atoms with Gasteiger partial charge < -0.3 is 30.3 Å². The molecule has 0 spiro atoms. The molecule has 0 aliphatic carbocycles. The van der Waals surface area contributed by atoms with Crippen LogP contribution in [0.4, 0.5) is 0 Å². The zero-order chi connectivity index (χ0) is 29.1. The molecule has 0 bridgehead atoms. The van der Waals surface area contributed by atoms with Crippen molar-refractivity contribution in [3.8, 4) is 45.6 Å². The third-order valence-electron chi connectivity index (χ3n) is 7.16. The Morgan fingerprint density at radius 2 is 1.23 bits per heavy atom. The molecule has 0 fully saturated rings. The highest BCUT2D eigenvalue weighted by atomic mass is 16.5. The molecular formula is C31H32O8. The molecule has 0 unspecified atom stereocenters. The molecule has 0 amide bonds. The molecule has 0 atom stereocenters. The van der Waals surface area contributed by atoms with E-state index < -0.39 is 17.5 Å². The number of rotatable bonds is 5. The maximum absolute atomic E-state index is 12.0. The van der Waals surface area contributed by atoms with Gasteiger partial charge in [0.15, 0.2) is 29.3 Å². The van der Waals surface area contributed by atoms with Crippen LogP contribution in [0.1, 0.15) is 79.1 Å². The number of phenolic OH excluding ortho intramolecular Hbond substituents is 5. The molecule has 4 rings (SSSR count). The first-order valence-corrected chi connectivity index (χ1v) is 12.6. The fourth-order valence-electron chi connectivity index (χ4n) is 5.58. The molecule has 5 N–H and O–H groups in total. The first kappa shape index (κ1) is 27.6. The average molecular weight is 533 g/mol. The standard InChI is InChI=1S/C31H32O8/c1-12(2)22-17-8-14(5)24(27(34)18(17)10-21(29(22)36)39-16(7)33)25-15(6)9-19-23(13(3)4)31(38)28(35)20(11-32)26(19)30(25)37/h8-13,34-38H,1-7H3. The highest BCUT2D eigenvalue weighted by Gasteiger charge is 2.28. The first-order chi connectivity index (χ1) is 18.2. The number of hydrogen-bond acceptors (Lipinski definition) is 8. The summed E-state index contributed by atoms with van der Waals surface area (Å²) in [4.78, 5) is 23.7. The van der Waals surface area contributed by atoms with Gasteiger partial charge >= 0.3 is 5.97 Å². The normalized spacial score (nSPS) is 11.6. The van der Waals surface area contributed by atoms with Gasteiger partial charge in [-0.25, -0.2) is 0 Å². The summed E-state index contributed by atoms with van der Waals surface area (Å²) in [5.41, 5.74) is 2.20. The van der Waals surface area contributed by atoms with E-state index in [4.69, 9.17) is 4.74 Å². The molecule has 0 aliphatic heterocycles. The SMILES string of the molecule is CC(=O)Oc1cc2c(O)c(-c3c(C)cc4c(C(C)C)c(O)c(O)c(C=O)c4c3O)c(C)cc2c(C(C)C)c1O. The molecule has 0 saturated heterocycles. The van der Waals surface area contributed by atoms with Crippen LogP contribution in [-0.2, 0) is 4.79 Å². The Bertz CT molecular complexity index is 1700. The van der Waals surface area contributed by atoms with Crippen molar-refractivity contribution in [3.63, 3.8) is 0 Å². The molecule has 39 heavy (non-hydrogen) atoms. The van der Waals surface area contributed by atoms with Crippen LogP contribution < -0.4 is 4.74 Å². The van der Waals surface area contributed by atoms with Gasteiger partial charge in [-0.3, -0.25) is 9.59 Å². The van der Waals surface area contributed by atoms with Crippen molar-refractivity contribution in [2.24, 2.45) is 0 Å². The number of phenols is 5. The molecule has 0 radical (unpaired) electrons. The Morgan fingerprint density at radius 3 is 1.74 bits per heavy atom. The quantitative estimate of drug-likeness (QED) is 0.0818. The summed E-state index contributed by atoms with van der Waals surface area (Å²) in [6.45, 7) is 12.0. The topological polar surface area (TPSA) is 145 Å². The van der Waals surface area contributed by atoms with Gasteiger partial charge in [-0.15, -0.1) is 0 Å². The van der Waals surface area contributed by atoms with Crippen LogP contribution in [0.5, 0.6) is 34.5 Å². The van der Waals surface area contributed by atoms with Crippen molar-refractivity contribution in [1.29, 1.82) is 0 Å². The van der Waals surface area contributed by atoms with Crippen LogP contribution in [0.25, 0.3) is 32.7 Å².